The van der Waals surface area contributed by atoms with Gasteiger partial charge in [0.2, 0.25) is 0 Å². The molecule has 1 saturated carbocycles. The highest BCUT2D eigenvalue weighted by molar-refractivity contribution is 5.27. The molecule has 0 bridgehead atoms. The molecule has 1 aromatic carbocycles. The van der Waals surface area contributed by atoms with Crippen molar-refractivity contribution in [3.8, 4) is 0 Å². The highest BCUT2D eigenvalue weighted by Gasteiger charge is 2.40. The molecule has 0 amide bonds. The Kier molecular flexibility index (Phi) is 3.34. The van der Waals surface area contributed by atoms with Gasteiger partial charge in [-0.15, -0.1) is 0 Å². The lowest BCUT2D eigenvalue weighted by Gasteiger charge is -2.30. The number of aryl methyl sites for hydroxylation is 1. The van der Waals surface area contributed by atoms with Gasteiger partial charge >= 0.3 is 0 Å². The minimum absolute atomic E-state index is 0.445. The van der Waals surface area contributed by atoms with Crippen LogP contribution in [-0.4, -0.2) is 13.6 Å². The molecule has 1 aromatic rings. The summed E-state index contributed by atoms with van der Waals surface area (Å²) in [4.78, 5) is 0. The Morgan fingerprint density at radius 1 is 1.31 bits per heavy atom. The summed E-state index contributed by atoms with van der Waals surface area (Å²) < 4.78 is 0. The number of nitrogens with one attached hydrogen (secondary N) is 1. The fraction of sp³-hybridized carbons (Fsp3) is 0.600. The Bertz CT molecular complexity index is 354. The van der Waals surface area contributed by atoms with E-state index in [4.69, 9.17) is 0 Å². The summed E-state index contributed by atoms with van der Waals surface area (Å²) in [6, 6.07) is 8.80. The zero-order chi connectivity index (χ0) is 11.6. The van der Waals surface area contributed by atoms with Crippen LogP contribution in [0.3, 0.4) is 0 Å². The lowest BCUT2D eigenvalue weighted by molar-refractivity contribution is 0.262. The van der Waals surface area contributed by atoms with E-state index in [0.29, 0.717) is 5.41 Å². The molecule has 0 aliphatic heterocycles. The first-order valence-electron chi connectivity index (χ1n) is 6.35. The van der Waals surface area contributed by atoms with E-state index in [0.717, 1.165) is 12.5 Å². The number of hydrogen-bond acceptors (Lipinski definition) is 1. The van der Waals surface area contributed by atoms with Gasteiger partial charge in [0.25, 0.3) is 0 Å². The van der Waals surface area contributed by atoms with Gasteiger partial charge in [-0.1, -0.05) is 31.2 Å². The first kappa shape index (κ1) is 11.7. The van der Waals surface area contributed by atoms with Crippen molar-refractivity contribution in [3.05, 3.63) is 35.4 Å². The third-order valence-electron chi connectivity index (χ3n) is 4.00. The van der Waals surface area contributed by atoms with Crippen LogP contribution in [0.2, 0.25) is 0 Å². The average Bonchev–Trinajstić information content (AvgIpc) is 3.05. The molecule has 1 N–H and O–H groups in total. The molecule has 0 aromatic heterocycles. The van der Waals surface area contributed by atoms with Crippen LogP contribution in [0.15, 0.2) is 24.3 Å². The third-order valence-corrected chi connectivity index (χ3v) is 4.00. The van der Waals surface area contributed by atoms with Gasteiger partial charge < -0.3 is 5.32 Å². The summed E-state index contributed by atoms with van der Waals surface area (Å²) >= 11 is 0. The van der Waals surface area contributed by atoms with Crippen molar-refractivity contribution in [1.29, 1.82) is 0 Å². The molecule has 0 radical (unpaired) electrons. The monoisotopic (exact) mass is 217 g/mol. The molecule has 0 saturated heterocycles. The van der Waals surface area contributed by atoms with Crippen molar-refractivity contribution in [2.24, 2.45) is 11.3 Å². The van der Waals surface area contributed by atoms with Gasteiger partial charge in [-0.25, -0.2) is 0 Å². The fourth-order valence-electron chi connectivity index (χ4n) is 2.78. The lowest BCUT2D eigenvalue weighted by atomic mass is 9.78. The maximum atomic E-state index is 3.37. The molecule has 1 atom stereocenters. The van der Waals surface area contributed by atoms with Crippen molar-refractivity contribution in [2.75, 3.05) is 13.6 Å². The zero-order valence-corrected chi connectivity index (χ0v) is 10.7. The predicted octanol–water partition coefficient (Wildman–Crippen LogP) is 3.17. The van der Waals surface area contributed by atoms with Crippen molar-refractivity contribution in [3.63, 3.8) is 0 Å². The molecule has 0 heterocycles. The summed E-state index contributed by atoms with van der Waals surface area (Å²) in [6.07, 6.45) is 4.05. The van der Waals surface area contributed by atoms with Crippen molar-refractivity contribution < 1.29 is 0 Å². The van der Waals surface area contributed by atoms with E-state index in [9.17, 15) is 0 Å². The molecule has 16 heavy (non-hydrogen) atoms. The molecule has 1 nitrogen and oxygen atoms in total. The van der Waals surface area contributed by atoms with Crippen LogP contribution >= 0.6 is 0 Å². The van der Waals surface area contributed by atoms with Crippen molar-refractivity contribution in [2.45, 2.75) is 33.1 Å². The van der Waals surface area contributed by atoms with Crippen LogP contribution < -0.4 is 5.32 Å². The molecule has 88 valence electrons. The Balaban J connectivity index is 2.14. The molecule has 1 unspecified atom stereocenters. The van der Waals surface area contributed by atoms with Gasteiger partial charge in [-0.2, -0.15) is 0 Å². The van der Waals surface area contributed by atoms with Crippen LogP contribution in [0.4, 0.5) is 0 Å². The predicted molar refractivity (Wildman–Crippen MR) is 69.6 cm³/mol. The average molecular weight is 217 g/mol. The van der Waals surface area contributed by atoms with E-state index in [1.807, 2.05) is 0 Å². The standard InChI is InChI=1S/C15H23N/c1-12-6-4-5-7-13(12)10-15(2,11-16-3)14-8-9-14/h4-7,14,16H,8-11H2,1-3H3. The van der Waals surface area contributed by atoms with Crippen LogP contribution in [0.1, 0.15) is 30.9 Å². The topological polar surface area (TPSA) is 12.0 Å². The molecule has 0 spiro atoms. The van der Waals surface area contributed by atoms with E-state index >= 15 is 0 Å². The Morgan fingerprint density at radius 3 is 2.56 bits per heavy atom. The van der Waals surface area contributed by atoms with Crippen LogP contribution in [0.5, 0.6) is 0 Å². The van der Waals surface area contributed by atoms with Crippen LogP contribution in [0, 0.1) is 18.3 Å². The maximum absolute atomic E-state index is 3.37. The number of rotatable bonds is 5. The largest absolute Gasteiger partial charge is 0.319 e. The fourth-order valence-corrected chi connectivity index (χ4v) is 2.78. The van der Waals surface area contributed by atoms with Crippen molar-refractivity contribution in [1.82, 2.24) is 5.32 Å². The van der Waals surface area contributed by atoms with E-state index in [2.05, 4.69) is 50.5 Å². The van der Waals surface area contributed by atoms with Crippen molar-refractivity contribution >= 4 is 0 Å². The summed E-state index contributed by atoms with van der Waals surface area (Å²) in [7, 11) is 2.07. The van der Waals surface area contributed by atoms with E-state index in [-0.39, 0.29) is 0 Å². The minimum Gasteiger partial charge on any atom is -0.319 e. The highest BCUT2D eigenvalue weighted by Crippen LogP contribution is 2.47. The van der Waals surface area contributed by atoms with Gasteiger partial charge in [0.05, 0.1) is 0 Å². The summed E-state index contributed by atoms with van der Waals surface area (Å²) in [5.41, 5.74) is 3.40. The van der Waals surface area contributed by atoms with E-state index < -0.39 is 0 Å². The first-order chi connectivity index (χ1) is 7.65. The Hall–Kier alpha value is -0.820. The summed E-state index contributed by atoms with van der Waals surface area (Å²) in [6.45, 7) is 5.79. The molecule has 1 aliphatic rings. The molecule has 1 fully saturated rings. The maximum Gasteiger partial charge on any atom is 0.000800 e. The molecular weight excluding hydrogens is 194 g/mol. The second kappa shape index (κ2) is 4.58. The molecule has 2 rings (SSSR count). The smallest absolute Gasteiger partial charge is 0.000800 e. The van der Waals surface area contributed by atoms with Gasteiger partial charge in [0.1, 0.15) is 0 Å². The molecule has 1 aliphatic carbocycles. The number of benzene rings is 1. The highest BCUT2D eigenvalue weighted by atomic mass is 14.8. The second-order valence-electron chi connectivity index (χ2n) is 5.56. The van der Waals surface area contributed by atoms with Crippen LogP contribution in [0.25, 0.3) is 0 Å². The Morgan fingerprint density at radius 2 is 2.00 bits per heavy atom. The zero-order valence-electron chi connectivity index (χ0n) is 10.7. The van der Waals surface area contributed by atoms with Crippen LogP contribution in [-0.2, 0) is 6.42 Å². The lowest BCUT2D eigenvalue weighted by Crippen LogP contribution is -2.34. The first-order valence-corrected chi connectivity index (χ1v) is 6.35. The minimum atomic E-state index is 0.445. The van der Waals surface area contributed by atoms with Gasteiger partial charge in [0.15, 0.2) is 0 Å². The molecular formula is C15H23N. The SMILES string of the molecule is CNCC(C)(Cc1ccccc1C)C1CC1. The Labute approximate surface area is 99.3 Å². The van der Waals surface area contributed by atoms with Gasteiger partial charge in [-0.3, -0.25) is 0 Å². The van der Waals surface area contributed by atoms with Gasteiger partial charge in [-0.05, 0) is 55.7 Å². The third kappa shape index (κ3) is 2.46. The normalized spacial score (nSPS) is 19.4. The summed E-state index contributed by atoms with van der Waals surface area (Å²) in [5.74, 6) is 0.930. The van der Waals surface area contributed by atoms with Gasteiger partial charge in [0, 0.05) is 6.54 Å². The van der Waals surface area contributed by atoms with E-state index in [1.54, 1.807) is 0 Å². The second-order valence-corrected chi connectivity index (χ2v) is 5.56. The van der Waals surface area contributed by atoms with E-state index in [1.165, 1.54) is 30.4 Å². The molecule has 1 heteroatoms. The summed E-state index contributed by atoms with van der Waals surface area (Å²) in [5, 5.41) is 3.37. The quantitative estimate of drug-likeness (QED) is 0.799. The number of hydrogen-bond donors (Lipinski definition) is 1.